The van der Waals surface area contributed by atoms with E-state index in [2.05, 4.69) is 23.3 Å². The lowest BCUT2D eigenvalue weighted by Gasteiger charge is -2.03. The molecule has 0 aromatic rings. The highest BCUT2D eigenvalue weighted by Crippen LogP contribution is 2.14. The first kappa shape index (κ1) is 26.5. The number of halogens is 1. The summed E-state index contributed by atoms with van der Waals surface area (Å²) in [6.45, 7) is 4.43. The average Bonchev–Trinajstić information content (AvgIpc) is 3.25. The zero-order chi connectivity index (χ0) is 19.8. The van der Waals surface area contributed by atoms with Crippen molar-refractivity contribution in [3.63, 3.8) is 0 Å². The summed E-state index contributed by atoms with van der Waals surface area (Å²) in [5.74, 6) is 0. The first-order valence-corrected chi connectivity index (χ1v) is 11.9. The van der Waals surface area contributed by atoms with Crippen LogP contribution in [0.1, 0.15) is 110 Å². The Labute approximate surface area is 174 Å². The molecule has 1 rings (SSSR count). The molecule has 2 N–H and O–H groups in total. The lowest BCUT2D eigenvalue weighted by Crippen LogP contribution is -2.04. The predicted molar refractivity (Wildman–Crippen MR) is 122 cm³/mol. The highest BCUT2D eigenvalue weighted by molar-refractivity contribution is 6.29. The second kappa shape index (κ2) is 23.5. The van der Waals surface area contributed by atoms with Crippen molar-refractivity contribution >= 4 is 17.9 Å². The van der Waals surface area contributed by atoms with Crippen LogP contribution in [0, 0.1) is 0 Å². The molecule has 1 heterocycles. The van der Waals surface area contributed by atoms with Gasteiger partial charge < -0.3 is 10.4 Å². The van der Waals surface area contributed by atoms with Gasteiger partial charge in [-0.3, -0.25) is 4.99 Å². The molecule has 4 heteroatoms. The summed E-state index contributed by atoms with van der Waals surface area (Å²) in [5.41, 5.74) is 0. The van der Waals surface area contributed by atoms with Gasteiger partial charge in [-0.15, -0.1) is 0 Å². The van der Waals surface area contributed by atoms with Gasteiger partial charge in [0.05, 0.1) is 12.9 Å². The monoisotopic (exact) mass is 400 g/mol. The molecular formula is C23H45ClN2O. The minimum Gasteiger partial charge on any atom is -0.396 e. The Balaban J connectivity index is 0.00000115. The number of allylic oxidation sites excluding steroid dienone is 1. The molecule has 0 saturated carbocycles. The van der Waals surface area contributed by atoms with Gasteiger partial charge in [0.15, 0.2) is 0 Å². The zero-order valence-electron chi connectivity index (χ0n) is 17.9. The van der Waals surface area contributed by atoms with Gasteiger partial charge in [-0.05, 0) is 12.8 Å². The lowest BCUT2D eigenvalue weighted by molar-refractivity contribution is 0.301. The molecule has 0 radical (unpaired) electrons. The van der Waals surface area contributed by atoms with Crippen LogP contribution < -0.4 is 5.32 Å². The van der Waals surface area contributed by atoms with Gasteiger partial charge in [0.2, 0.25) is 0 Å². The molecule has 0 spiro atoms. The second-order valence-corrected chi connectivity index (χ2v) is 7.98. The number of nitrogens with one attached hydrogen (secondary N) is 1. The maximum atomic E-state index is 8.74. The van der Waals surface area contributed by atoms with Gasteiger partial charge in [0, 0.05) is 24.6 Å². The molecule has 1 aliphatic rings. The summed E-state index contributed by atoms with van der Waals surface area (Å²) < 4.78 is 0. The molecule has 0 aliphatic carbocycles. The van der Waals surface area contributed by atoms with Crippen LogP contribution in [-0.4, -0.2) is 31.1 Å². The highest BCUT2D eigenvalue weighted by Gasteiger charge is 1.94. The van der Waals surface area contributed by atoms with Crippen molar-refractivity contribution in [2.45, 2.75) is 110 Å². The SMILES string of the molecule is C1=NCCN1.CCCCCCCCCCCCCCCC/C=C(/Cl)CCO. The van der Waals surface area contributed by atoms with E-state index in [4.69, 9.17) is 16.7 Å². The zero-order valence-corrected chi connectivity index (χ0v) is 18.6. The van der Waals surface area contributed by atoms with Crippen molar-refractivity contribution in [1.82, 2.24) is 5.32 Å². The summed E-state index contributed by atoms with van der Waals surface area (Å²) in [6.07, 6.45) is 25.1. The summed E-state index contributed by atoms with van der Waals surface area (Å²) in [5, 5.41) is 12.5. The van der Waals surface area contributed by atoms with E-state index in [1.165, 1.54) is 89.9 Å². The van der Waals surface area contributed by atoms with Gasteiger partial charge >= 0.3 is 0 Å². The van der Waals surface area contributed by atoms with Crippen LogP contribution >= 0.6 is 11.6 Å². The Morgan fingerprint density at radius 3 is 1.81 bits per heavy atom. The van der Waals surface area contributed by atoms with Gasteiger partial charge in [-0.1, -0.05) is 108 Å². The van der Waals surface area contributed by atoms with E-state index in [-0.39, 0.29) is 6.61 Å². The van der Waals surface area contributed by atoms with E-state index in [9.17, 15) is 0 Å². The van der Waals surface area contributed by atoms with Crippen LogP contribution in [0.15, 0.2) is 16.1 Å². The Bertz CT molecular complexity index is 339. The quantitative estimate of drug-likeness (QED) is 0.258. The molecule has 160 valence electrons. The van der Waals surface area contributed by atoms with E-state index in [1.807, 2.05) is 0 Å². The van der Waals surface area contributed by atoms with Crippen LogP contribution in [0.25, 0.3) is 0 Å². The van der Waals surface area contributed by atoms with Crippen molar-refractivity contribution in [1.29, 1.82) is 0 Å². The number of unbranched alkanes of at least 4 members (excludes halogenated alkanes) is 14. The maximum absolute atomic E-state index is 8.74. The Morgan fingerprint density at radius 2 is 1.44 bits per heavy atom. The summed E-state index contributed by atoms with van der Waals surface area (Å²) in [6, 6.07) is 0. The molecule has 0 fully saturated rings. The van der Waals surface area contributed by atoms with Crippen LogP contribution in [-0.2, 0) is 0 Å². The summed E-state index contributed by atoms with van der Waals surface area (Å²) in [7, 11) is 0. The average molecular weight is 401 g/mol. The van der Waals surface area contributed by atoms with Crippen molar-refractivity contribution < 1.29 is 5.11 Å². The van der Waals surface area contributed by atoms with Crippen molar-refractivity contribution in [2.75, 3.05) is 19.7 Å². The molecule has 0 bridgehead atoms. The van der Waals surface area contributed by atoms with E-state index in [0.29, 0.717) is 6.42 Å². The van der Waals surface area contributed by atoms with Crippen LogP contribution in [0.5, 0.6) is 0 Å². The molecule has 0 atom stereocenters. The van der Waals surface area contributed by atoms with E-state index < -0.39 is 0 Å². The minimum atomic E-state index is 0.161. The molecule has 0 unspecified atom stereocenters. The molecule has 0 amide bonds. The molecular weight excluding hydrogens is 356 g/mol. The third kappa shape index (κ3) is 23.4. The fourth-order valence-electron chi connectivity index (χ4n) is 3.13. The second-order valence-electron chi connectivity index (χ2n) is 7.50. The van der Waals surface area contributed by atoms with Gasteiger partial charge in [-0.2, -0.15) is 0 Å². The maximum Gasteiger partial charge on any atom is 0.0825 e. The normalized spacial score (nSPS) is 13.4. The number of aliphatic hydroxyl groups is 1. The van der Waals surface area contributed by atoms with Gasteiger partial charge in [0.25, 0.3) is 0 Å². The predicted octanol–water partition coefficient (Wildman–Crippen LogP) is 6.98. The fraction of sp³-hybridized carbons (Fsp3) is 0.870. The van der Waals surface area contributed by atoms with Gasteiger partial charge in [0.1, 0.15) is 0 Å². The van der Waals surface area contributed by atoms with E-state index in [1.54, 1.807) is 6.34 Å². The number of hydrogen-bond donors (Lipinski definition) is 2. The number of nitrogens with zero attached hydrogens (tertiary/aromatic N) is 1. The van der Waals surface area contributed by atoms with E-state index in [0.717, 1.165) is 24.5 Å². The molecule has 0 aromatic carbocycles. The Kier molecular flexibility index (Phi) is 23.0. The number of aliphatic imine (C=N–C) groups is 1. The Hall–Kier alpha value is -0.540. The largest absolute Gasteiger partial charge is 0.396 e. The van der Waals surface area contributed by atoms with Crippen LogP contribution in [0.2, 0.25) is 0 Å². The molecule has 0 saturated heterocycles. The lowest BCUT2D eigenvalue weighted by atomic mass is 10.0. The first-order chi connectivity index (χ1) is 13.3. The summed E-state index contributed by atoms with van der Waals surface area (Å²) in [4.78, 5) is 3.85. The third-order valence-corrected chi connectivity index (χ3v) is 5.19. The van der Waals surface area contributed by atoms with Crippen molar-refractivity contribution in [3.8, 4) is 0 Å². The smallest absolute Gasteiger partial charge is 0.0825 e. The number of aliphatic hydroxyl groups excluding tert-OH is 1. The minimum absolute atomic E-state index is 0.161. The number of hydrogen-bond acceptors (Lipinski definition) is 3. The molecule has 3 nitrogen and oxygen atoms in total. The topological polar surface area (TPSA) is 44.6 Å². The molecule has 27 heavy (non-hydrogen) atoms. The van der Waals surface area contributed by atoms with E-state index >= 15 is 0 Å². The van der Waals surface area contributed by atoms with Gasteiger partial charge in [-0.25, -0.2) is 0 Å². The van der Waals surface area contributed by atoms with Crippen molar-refractivity contribution in [3.05, 3.63) is 11.1 Å². The van der Waals surface area contributed by atoms with Crippen LogP contribution in [0.3, 0.4) is 0 Å². The summed E-state index contributed by atoms with van der Waals surface area (Å²) >= 11 is 5.94. The standard InChI is InChI=1S/C20H39ClO.C3H6N2/c1-2-3-4-5-6-7-8-9-10-11-12-13-14-15-16-17-20(21)18-19-22;1-2-5-3-4-1/h17,22H,2-16,18-19H2,1H3;3H,1-2H2,(H,4,5)/b20-17+;. The van der Waals surface area contributed by atoms with Crippen molar-refractivity contribution in [2.24, 2.45) is 4.99 Å². The number of rotatable bonds is 17. The Morgan fingerprint density at radius 1 is 0.926 bits per heavy atom. The molecule has 1 aliphatic heterocycles. The van der Waals surface area contributed by atoms with Crippen LogP contribution in [0.4, 0.5) is 0 Å². The highest BCUT2D eigenvalue weighted by atomic mass is 35.5. The molecule has 0 aromatic heterocycles. The first-order valence-electron chi connectivity index (χ1n) is 11.5. The third-order valence-electron chi connectivity index (χ3n) is 4.84. The fourth-order valence-corrected chi connectivity index (χ4v) is 3.32.